The molecule has 0 heterocycles. The first kappa shape index (κ1) is 12.2. The molecule has 0 aromatic heterocycles. The molecule has 0 unspecified atom stereocenters. The smallest absolute Gasteiger partial charge is 0.341 e. The predicted octanol–water partition coefficient (Wildman–Crippen LogP) is 0.727. The highest BCUT2D eigenvalue weighted by molar-refractivity contribution is 5.93. The first-order chi connectivity index (χ1) is 7.65. The summed E-state index contributed by atoms with van der Waals surface area (Å²) in [6.07, 6.45) is 0. The fourth-order valence-corrected chi connectivity index (χ4v) is 1.11. The number of esters is 2. The zero-order chi connectivity index (χ0) is 12.0. The van der Waals surface area contributed by atoms with E-state index in [0.29, 0.717) is 0 Å². The van der Waals surface area contributed by atoms with Gasteiger partial charge in [0, 0.05) is 13.5 Å². The molecule has 0 spiro atoms. The lowest BCUT2D eigenvalue weighted by atomic mass is 10.2. The number of hydrogen-bond acceptors (Lipinski definition) is 5. The number of carbonyl (C=O) groups excluding carboxylic acids is 2. The largest absolute Gasteiger partial charge is 0.461 e. The summed E-state index contributed by atoms with van der Waals surface area (Å²) in [6, 6.07) is 6.38. The molecule has 16 heavy (non-hydrogen) atoms. The van der Waals surface area contributed by atoms with Crippen LogP contribution in [0.25, 0.3) is 0 Å². The summed E-state index contributed by atoms with van der Waals surface area (Å²) in [5.74, 6) is -0.849. The Morgan fingerprint density at radius 3 is 2.62 bits per heavy atom. The van der Waals surface area contributed by atoms with E-state index in [2.05, 4.69) is 0 Å². The molecule has 1 aromatic rings. The molecule has 0 aliphatic rings. The molecule has 1 aromatic carbocycles. The van der Waals surface area contributed by atoms with Crippen LogP contribution >= 0.6 is 0 Å². The molecule has 5 heteroatoms. The van der Waals surface area contributed by atoms with E-state index in [9.17, 15) is 9.59 Å². The van der Waals surface area contributed by atoms with E-state index in [4.69, 9.17) is 15.2 Å². The second kappa shape index (κ2) is 5.87. The van der Waals surface area contributed by atoms with Crippen molar-refractivity contribution in [3.8, 4) is 5.75 Å². The molecule has 0 atom stereocenters. The van der Waals surface area contributed by atoms with Crippen molar-refractivity contribution in [2.24, 2.45) is 5.73 Å². The first-order valence-electron chi connectivity index (χ1n) is 4.79. The first-order valence-corrected chi connectivity index (χ1v) is 4.79. The molecule has 0 saturated carbocycles. The fourth-order valence-electron chi connectivity index (χ4n) is 1.11. The van der Waals surface area contributed by atoms with Gasteiger partial charge in [0.05, 0.1) is 0 Å². The maximum absolute atomic E-state index is 11.5. The Bertz CT molecular complexity index is 389. The van der Waals surface area contributed by atoms with Crippen LogP contribution in [0.3, 0.4) is 0 Å². The van der Waals surface area contributed by atoms with Gasteiger partial charge in [0.1, 0.15) is 17.9 Å². The molecule has 0 aliphatic heterocycles. The van der Waals surface area contributed by atoms with Gasteiger partial charge in [-0.25, -0.2) is 4.79 Å². The summed E-state index contributed by atoms with van der Waals surface area (Å²) in [6.45, 7) is 1.65. The summed E-state index contributed by atoms with van der Waals surface area (Å²) in [7, 11) is 0. The molecule has 0 radical (unpaired) electrons. The van der Waals surface area contributed by atoms with E-state index in [1.807, 2.05) is 0 Å². The zero-order valence-electron chi connectivity index (χ0n) is 8.93. The molecule has 0 fully saturated rings. The summed E-state index contributed by atoms with van der Waals surface area (Å²) in [4.78, 5) is 22.3. The Kier molecular flexibility index (Phi) is 4.47. The van der Waals surface area contributed by atoms with Gasteiger partial charge in [0.25, 0.3) is 0 Å². The lowest BCUT2D eigenvalue weighted by Gasteiger charge is -2.07. The second-order valence-electron chi connectivity index (χ2n) is 3.01. The Morgan fingerprint density at radius 2 is 2.00 bits per heavy atom. The zero-order valence-corrected chi connectivity index (χ0v) is 8.93. The number of carbonyl (C=O) groups is 2. The minimum absolute atomic E-state index is 0.132. The van der Waals surface area contributed by atoms with Crippen LogP contribution in [0.15, 0.2) is 24.3 Å². The monoisotopic (exact) mass is 223 g/mol. The summed E-state index contributed by atoms with van der Waals surface area (Å²) >= 11 is 0. The highest BCUT2D eigenvalue weighted by Crippen LogP contribution is 2.18. The number of rotatable bonds is 4. The summed E-state index contributed by atoms with van der Waals surface area (Å²) in [5.41, 5.74) is 5.43. The van der Waals surface area contributed by atoms with E-state index in [0.717, 1.165) is 0 Å². The van der Waals surface area contributed by atoms with Crippen molar-refractivity contribution in [1.82, 2.24) is 0 Å². The topological polar surface area (TPSA) is 78.6 Å². The van der Waals surface area contributed by atoms with Crippen LogP contribution in [0.5, 0.6) is 5.75 Å². The highest BCUT2D eigenvalue weighted by atomic mass is 16.5. The number of nitrogens with two attached hydrogens (primary N) is 1. The molecular formula is C11H13NO4. The van der Waals surface area contributed by atoms with Gasteiger partial charge in [-0.3, -0.25) is 4.79 Å². The summed E-state index contributed by atoms with van der Waals surface area (Å²) < 4.78 is 9.72. The van der Waals surface area contributed by atoms with Gasteiger partial charge in [0.15, 0.2) is 0 Å². The second-order valence-corrected chi connectivity index (χ2v) is 3.01. The lowest BCUT2D eigenvalue weighted by molar-refractivity contribution is -0.131. The van der Waals surface area contributed by atoms with Crippen molar-refractivity contribution >= 4 is 11.9 Å². The van der Waals surface area contributed by atoms with Gasteiger partial charge in [-0.2, -0.15) is 0 Å². The van der Waals surface area contributed by atoms with Crippen molar-refractivity contribution in [3.63, 3.8) is 0 Å². The molecule has 0 bridgehead atoms. The molecule has 0 aliphatic carbocycles. The molecular weight excluding hydrogens is 210 g/mol. The molecule has 0 saturated heterocycles. The van der Waals surface area contributed by atoms with Crippen molar-refractivity contribution in [2.45, 2.75) is 6.92 Å². The van der Waals surface area contributed by atoms with Crippen LogP contribution in [0, 0.1) is 0 Å². The normalized spacial score (nSPS) is 9.62. The van der Waals surface area contributed by atoms with Crippen molar-refractivity contribution in [3.05, 3.63) is 29.8 Å². The third-order valence-corrected chi connectivity index (χ3v) is 1.71. The van der Waals surface area contributed by atoms with Crippen LogP contribution < -0.4 is 10.5 Å². The third kappa shape index (κ3) is 3.36. The van der Waals surface area contributed by atoms with Crippen LogP contribution in [-0.2, 0) is 9.53 Å². The van der Waals surface area contributed by atoms with E-state index in [1.165, 1.54) is 19.1 Å². The quantitative estimate of drug-likeness (QED) is 0.601. The van der Waals surface area contributed by atoms with E-state index in [-0.39, 0.29) is 24.5 Å². The maximum Gasteiger partial charge on any atom is 0.341 e. The molecule has 0 amide bonds. The Labute approximate surface area is 93.1 Å². The van der Waals surface area contributed by atoms with Gasteiger partial charge < -0.3 is 15.2 Å². The van der Waals surface area contributed by atoms with Crippen LogP contribution in [0.4, 0.5) is 0 Å². The van der Waals surface area contributed by atoms with Gasteiger partial charge in [-0.15, -0.1) is 0 Å². The molecule has 5 nitrogen and oxygen atoms in total. The molecule has 86 valence electrons. The van der Waals surface area contributed by atoms with Crippen LogP contribution in [0.2, 0.25) is 0 Å². The minimum atomic E-state index is -0.553. The molecule has 2 N–H and O–H groups in total. The maximum atomic E-state index is 11.5. The van der Waals surface area contributed by atoms with E-state index < -0.39 is 11.9 Å². The van der Waals surface area contributed by atoms with Gasteiger partial charge >= 0.3 is 11.9 Å². The number of benzene rings is 1. The van der Waals surface area contributed by atoms with Crippen molar-refractivity contribution in [1.29, 1.82) is 0 Å². The van der Waals surface area contributed by atoms with Crippen LogP contribution in [0.1, 0.15) is 17.3 Å². The molecule has 1 rings (SSSR count). The fraction of sp³-hybridized carbons (Fsp3) is 0.273. The van der Waals surface area contributed by atoms with Crippen LogP contribution in [-0.4, -0.2) is 25.1 Å². The van der Waals surface area contributed by atoms with E-state index >= 15 is 0 Å². The average Bonchev–Trinajstić information content (AvgIpc) is 2.26. The Morgan fingerprint density at radius 1 is 1.31 bits per heavy atom. The third-order valence-electron chi connectivity index (χ3n) is 1.71. The Hall–Kier alpha value is -1.88. The van der Waals surface area contributed by atoms with Gasteiger partial charge in [-0.05, 0) is 12.1 Å². The minimum Gasteiger partial charge on any atom is -0.461 e. The van der Waals surface area contributed by atoms with Crippen molar-refractivity contribution < 1.29 is 19.1 Å². The number of hydrogen-bond donors (Lipinski definition) is 1. The van der Waals surface area contributed by atoms with Gasteiger partial charge in [-0.1, -0.05) is 12.1 Å². The SMILES string of the molecule is CC(=O)Oc1ccccc1C(=O)OCCN. The predicted molar refractivity (Wildman–Crippen MR) is 57.1 cm³/mol. The lowest BCUT2D eigenvalue weighted by Crippen LogP contribution is -2.15. The standard InChI is InChI=1S/C11H13NO4/c1-8(13)16-10-5-3-2-4-9(10)11(14)15-7-6-12/h2-5H,6-7,12H2,1H3. The van der Waals surface area contributed by atoms with E-state index in [1.54, 1.807) is 12.1 Å². The van der Waals surface area contributed by atoms with Gasteiger partial charge in [0.2, 0.25) is 0 Å². The van der Waals surface area contributed by atoms with Crippen molar-refractivity contribution in [2.75, 3.05) is 13.2 Å². The Balaban J connectivity index is 2.85. The summed E-state index contributed by atoms with van der Waals surface area (Å²) in [5, 5.41) is 0. The number of para-hydroxylation sites is 1. The average molecular weight is 223 g/mol. The highest BCUT2D eigenvalue weighted by Gasteiger charge is 2.14. The number of ether oxygens (including phenoxy) is 2.